The van der Waals surface area contributed by atoms with Gasteiger partial charge >= 0.3 is 0 Å². The molecular weight excluding hydrogens is 352 g/mol. The first-order valence-corrected chi connectivity index (χ1v) is 10.1. The molecule has 2 saturated heterocycles. The van der Waals surface area contributed by atoms with Crippen molar-refractivity contribution < 1.29 is 14.3 Å². The van der Waals surface area contributed by atoms with Gasteiger partial charge in [0.15, 0.2) is 5.69 Å². The van der Waals surface area contributed by atoms with Crippen LogP contribution in [0.5, 0.6) is 0 Å². The van der Waals surface area contributed by atoms with Gasteiger partial charge in [-0.1, -0.05) is 0 Å². The Labute approximate surface area is 159 Å². The van der Waals surface area contributed by atoms with Crippen LogP contribution in [0.2, 0.25) is 0 Å². The van der Waals surface area contributed by atoms with Crippen LogP contribution in [0, 0.1) is 12.3 Å². The number of nitrogens with zero attached hydrogens (tertiary/aromatic N) is 4. The summed E-state index contributed by atoms with van der Waals surface area (Å²) in [7, 11) is 1.68. The van der Waals surface area contributed by atoms with E-state index < -0.39 is 5.41 Å². The normalized spacial score (nSPS) is 26.6. The van der Waals surface area contributed by atoms with E-state index in [0.717, 1.165) is 56.9 Å². The minimum Gasteiger partial charge on any atom is -0.385 e. The van der Waals surface area contributed by atoms with Gasteiger partial charge in [0.25, 0.3) is 5.91 Å². The second-order valence-electron chi connectivity index (χ2n) is 7.37. The molecule has 8 heteroatoms. The fraction of sp³-hybridized carbons (Fsp3) is 0.778. The number of carbonyl (C=O) groups excluding carboxylic acids is 2. The van der Waals surface area contributed by atoms with E-state index in [9.17, 15) is 9.59 Å². The van der Waals surface area contributed by atoms with Gasteiger partial charge in [0.05, 0.1) is 22.8 Å². The highest BCUT2D eigenvalue weighted by Gasteiger charge is 2.52. The SMILES string of the molecule is COCCCN1CCC[C@@]2(CCCN(C(=O)c3nsnc3C)[C@@H]2C)C1=O. The van der Waals surface area contributed by atoms with Crippen molar-refractivity contribution in [3.63, 3.8) is 0 Å². The molecule has 2 aliphatic rings. The van der Waals surface area contributed by atoms with Gasteiger partial charge in [-0.05, 0) is 46.0 Å². The molecule has 1 spiro atoms. The Hall–Kier alpha value is -1.54. The highest BCUT2D eigenvalue weighted by atomic mass is 32.1. The number of rotatable bonds is 5. The van der Waals surface area contributed by atoms with Crippen LogP contribution < -0.4 is 0 Å². The quantitative estimate of drug-likeness (QED) is 0.732. The van der Waals surface area contributed by atoms with E-state index >= 15 is 0 Å². The van der Waals surface area contributed by atoms with E-state index in [-0.39, 0.29) is 17.9 Å². The first-order valence-electron chi connectivity index (χ1n) is 9.39. The van der Waals surface area contributed by atoms with Crippen LogP contribution in [-0.4, -0.2) is 69.8 Å². The fourth-order valence-corrected chi connectivity index (χ4v) is 4.99. The molecule has 0 unspecified atom stereocenters. The molecule has 0 bridgehead atoms. The molecule has 2 fully saturated rings. The van der Waals surface area contributed by atoms with Crippen molar-refractivity contribution in [2.24, 2.45) is 5.41 Å². The number of hydrogen-bond acceptors (Lipinski definition) is 6. The monoisotopic (exact) mass is 380 g/mol. The summed E-state index contributed by atoms with van der Waals surface area (Å²) in [5.74, 6) is 0.116. The first kappa shape index (κ1) is 19.2. The Morgan fingerprint density at radius 3 is 2.69 bits per heavy atom. The highest BCUT2D eigenvalue weighted by molar-refractivity contribution is 6.99. The van der Waals surface area contributed by atoms with Gasteiger partial charge < -0.3 is 14.5 Å². The molecule has 144 valence electrons. The number of amides is 2. The van der Waals surface area contributed by atoms with Crippen molar-refractivity contribution in [2.75, 3.05) is 33.4 Å². The van der Waals surface area contributed by atoms with Crippen LogP contribution in [-0.2, 0) is 9.53 Å². The smallest absolute Gasteiger partial charge is 0.275 e. The Morgan fingerprint density at radius 2 is 2.04 bits per heavy atom. The molecule has 3 rings (SSSR count). The summed E-state index contributed by atoms with van der Waals surface area (Å²) in [5, 5.41) is 0. The number of ether oxygens (including phenoxy) is 1. The predicted octanol–water partition coefficient (Wildman–Crippen LogP) is 2.12. The number of likely N-dealkylation sites (tertiary alicyclic amines) is 2. The number of methoxy groups -OCH3 is 1. The fourth-order valence-electron chi connectivity index (χ4n) is 4.45. The second kappa shape index (κ2) is 8.00. The lowest BCUT2D eigenvalue weighted by molar-refractivity contribution is -0.154. The molecule has 2 amide bonds. The van der Waals surface area contributed by atoms with E-state index in [0.29, 0.717) is 24.5 Å². The zero-order valence-corrected chi connectivity index (χ0v) is 16.7. The Kier molecular flexibility index (Phi) is 5.92. The van der Waals surface area contributed by atoms with Gasteiger partial charge in [-0.15, -0.1) is 0 Å². The number of hydrogen-bond donors (Lipinski definition) is 0. The topological polar surface area (TPSA) is 75.6 Å². The molecule has 0 aliphatic carbocycles. The molecule has 26 heavy (non-hydrogen) atoms. The molecule has 1 aromatic heterocycles. The third-order valence-electron chi connectivity index (χ3n) is 5.95. The number of aryl methyl sites for hydroxylation is 1. The maximum Gasteiger partial charge on any atom is 0.275 e. The second-order valence-corrected chi connectivity index (χ2v) is 7.90. The van der Waals surface area contributed by atoms with Gasteiger partial charge in [-0.3, -0.25) is 9.59 Å². The van der Waals surface area contributed by atoms with E-state index in [4.69, 9.17) is 4.74 Å². The molecule has 0 radical (unpaired) electrons. The summed E-state index contributed by atoms with van der Waals surface area (Å²) in [4.78, 5) is 30.2. The van der Waals surface area contributed by atoms with Gasteiger partial charge in [-0.2, -0.15) is 8.75 Å². The van der Waals surface area contributed by atoms with Crippen molar-refractivity contribution >= 4 is 23.5 Å². The molecule has 3 heterocycles. The van der Waals surface area contributed by atoms with Crippen LogP contribution in [0.3, 0.4) is 0 Å². The van der Waals surface area contributed by atoms with Crippen molar-refractivity contribution in [1.82, 2.24) is 18.5 Å². The Bertz CT molecular complexity index is 661. The van der Waals surface area contributed by atoms with E-state index in [1.165, 1.54) is 0 Å². The Morgan fingerprint density at radius 1 is 1.31 bits per heavy atom. The summed E-state index contributed by atoms with van der Waals surface area (Å²) in [6.45, 7) is 6.71. The summed E-state index contributed by atoms with van der Waals surface area (Å²) in [6.07, 6.45) is 4.39. The highest BCUT2D eigenvalue weighted by Crippen LogP contribution is 2.44. The summed E-state index contributed by atoms with van der Waals surface area (Å²) in [6, 6.07) is -0.123. The molecule has 2 atom stereocenters. The van der Waals surface area contributed by atoms with Crippen LogP contribution >= 0.6 is 11.7 Å². The van der Waals surface area contributed by atoms with Gasteiger partial charge in [0.1, 0.15) is 0 Å². The number of aromatic nitrogens is 2. The number of piperidine rings is 2. The lowest BCUT2D eigenvalue weighted by Crippen LogP contribution is -2.62. The maximum absolute atomic E-state index is 13.3. The van der Waals surface area contributed by atoms with Crippen molar-refractivity contribution in [3.8, 4) is 0 Å². The predicted molar refractivity (Wildman–Crippen MR) is 99.1 cm³/mol. The van der Waals surface area contributed by atoms with Crippen LogP contribution in [0.1, 0.15) is 55.2 Å². The Balaban J connectivity index is 1.79. The van der Waals surface area contributed by atoms with Gasteiger partial charge in [0.2, 0.25) is 5.91 Å². The summed E-state index contributed by atoms with van der Waals surface area (Å²) < 4.78 is 13.4. The zero-order chi connectivity index (χ0) is 18.7. The van der Waals surface area contributed by atoms with Gasteiger partial charge in [-0.25, -0.2) is 0 Å². The third kappa shape index (κ3) is 3.36. The van der Waals surface area contributed by atoms with Crippen molar-refractivity contribution in [1.29, 1.82) is 0 Å². The van der Waals surface area contributed by atoms with E-state index in [1.807, 2.05) is 23.6 Å². The minimum absolute atomic E-state index is 0.0906. The molecule has 2 aliphatic heterocycles. The van der Waals surface area contributed by atoms with E-state index in [2.05, 4.69) is 8.75 Å². The lowest BCUT2D eigenvalue weighted by atomic mass is 9.67. The third-order valence-corrected chi connectivity index (χ3v) is 6.57. The molecule has 1 aromatic rings. The van der Waals surface area contributed by atoms with Crippen molar-refractivity contribution in [3.05, 3.63) is 11.4 Å². The average molecular weight is 381 g/mol. The molecule has 0 saturated carbocycles. The molecular formula is C18H28N4O3S. The van der Waals surface area contributed by atoms with Crippen LogP contribution in [0.25, 0.3) is 0 Å². The van der Waals surface area contributed by atoms with Crippen LogP contribution in [0.15, 0.2) is 0 Å². The lowest BCUT2D eigenvalue weighted by Gasteiger charge is -2.51. The van der Waals surface area contributed by atoms with Gasteiger partial charge in [0, 0.05) is 39.4 Å². The maximum atomic E-state index is 13.3. The molecule has 7 nitrogen and oxygen atoms in total. The molecule has 0 N–H and O–H groups in total. The molecule has 0 aromatic carbocycles. The van der Waals surface area contributed by atoms with E-state index in [1.54, 1.807) is 7.11 Å². The van der Waals surface area contributed by atoms with Crippen LogP contribution in [0.4, 0.5) is 0 Å². The first-order chi connectivity index (χ1) is 12.5. The average Bonchev–Trinajstić information content (AvgIpc) is 3.06. The zero-order valence-electron chi connectivity index (χ0n) is 15.9. The largest absolute Gasteiger partial charge is 0.385 e. The summed E-state index contributed by atoms with van der Waals surface area (Å²) in [5.41, 5.74) is 0.637. The number of carbonyl (C=O) groups is 2. The minimum atomic E-state index is -0.462. The van der Waals surface area contributed by atoms with Crippen molar-refractivity contribution in [2.45, 2.75) is 52.0 Å². The summed E-state index contributed by atoms with van der Waals surface area (Å²) >= 11 is 1.06. The standard InChI is InChI=1S/C18H28N4O3S/c1-13-15(20-26-19-13)16(23)22-11-5-8-18(14(22)2)7-4-9-21(17(18)24)10-6-12-25-3/h14H,4-12H2,1-3H3/t14-,18+/m1/s1.